The van der Waals surface area contributed by atoms with Gasteiger partial charge in [0.25, 0.3) is 0 Å². The Morgan fingerprint density at radius 2 is 1.92 bits per heavy atom. The molecule has 0 heterocycles. The summed E-state index contributed by atoms with van der Waals surface area (Å²) >= 11 is 0. The van der Waals surface area contributed by atoms with E-state index in [0.717, 1.165) is 12.8 Å². The molecule has 0 rings (SSSR count). The lowest BCUT2D eigenvalue weighted by atomic mass is 10.2. The molecular weight excluding hydrogens is 166 g/mol. The highest BCUT2D eigenvalue weighted by atomic mass is 16.5. The van der Waals surface area contributed by atoms with E-state index in [9.17, 15) is 4.79 Å². The van der Waals surface area contributed by atoms with Crippen molar-refractivity contribution in [3.05, 3.63) is 0 Å². The van der Waals surface area contributed by atoms with Crippen molar-refractivity contribution in [1.82, 2.24) is 4.90 Å². The Bertz CT molecular complexity index is 135. The first kappa shape index (κ1) is 12.4. The van der Waals surface area contributed by atoms with E-state index in [1.165, 1.54) is 12.8 Å². The first-order chi connectivity index (χ1) is 6.16. The number of unbranched alkanes of at least 4 members (excludes halogenated alkanes) is 3. The third kappa shape index (κ3) is 9.34. The quantitative estimate of drug-likeness (QED) is 0.344. The second-order valence-electron chi connectivity index (χ2n) is 3.52. The Morgan fingerprint density at radius 3 is 2.46 bits per heavy atom. The van der Waals surface area contributed by atoms with E-state index in [1.54, 1.807) is 0 Å². The van der Waals surface area contributed by atoms with Gasteiger partial charge in [-0.2, -0.15) is 4.90 Å². The number of hydrogen-bond donors (Lipinski definition) is 0. The molecule has 0 aromatic rings. The molecule has 77 valence electrons. The molecule has 0 aliphatic heterocycles. The number of carbonyl (C=O) groups is 1. The molecule has 0 atom stereocenters. The van der Waals surface area contributed by atoms with E-state index in [1.807, 2.05) is 19.0 Å². The van der Waals surface area contributed by atoms with E-state index in [0.29, 0.717) is 13.2 Å². The molecule has 0 saturated carbocycles. The van der Waals surface area contributed by atoms with Crippen LogP contribution < -0.4 is 4.90 Å². The van der Waals surface area contributed by atoms with Crippen molar-refractivity contribution >= 4 is 5.97 Å². The monoisotopic (exact) mass is 187 g/mol. The third-order valence-electron chi connectivity index (χ3n) is 1.71. The summed E-state index contributed by atoms with van der Waals surface area (Å²) in [5.41, 5.74) is 0. The summed E-state index contributed by atoms with van der Waals surface area (Å²) in [6.45, 7) is 3.12. The van der Waals surface area contributed by atoms with Crippen LogP contribution in [0.3, 0.4) is 0 Å². The molecule has 0 fully saturated rings. The summed E-state index contributed by atoms with van der Waals surface area (Å²) in [4.78, 5) is 12.8. The number of carbonyl (C=O) groups excluding carboxylic acids is 1. The van der Waals surface area contributed by atoms with Crippen LogP contribution in [0.2, 0.25) is 0 Å². The van der Waals surface area contributed by atoms with Gasteiger partial charge in [0.2, 0.25) is 6.54 Å². The molecule has 3 nitrogen and oxygen atoms in total. The van der Waals surface area contributed by atoms with Gasteiger partial charge in [0.05, 0.1) is 6.61 Å². The Morgan fingerprint density at radius 1 is 1.23 bits per heavy atom. The van der Waals surface area contributed by atoms with Gasteiger partial charge in [-0.15, -0.1) is 0 Å². The fraction of sp³-hybridized carbons (Fsp3) is 0.900. The predicted molar refractivity (Wildman–Crippen MR) is 54.0 cm³/mol. The van der Waals surface area contributed by atoms with Crippen molar-refractivity contribution in [3.63, 3.8) is 0 Å². The zero-order chi connectivity index (χ0) is 10.1. The highest BCUT2D eigenvalue weighted by Crippen LogP contribution is 1.98. The molecule has 0 amide bonds. The summed E-state index contributed by atoms with van der Waals surface area (Å²) in [5.74, 6) is -0.124. The average molecular weight is 187 g/mol. The van der Waals surface area contributed by atoms with Crippen LogP contribution in [0.15, 0.2) is 0 Å². The molecule has 0 aliphatic carbocycles. The fourth-order valence-corrected chi connectivity index (χ4v) is 1.02. The zero-order valence-electron chi connectivity index (χ0n) is 9.01. The largest absolute Gasteiger partial charge is 0.461 e. The molecule has 0 aromatic heterocycles. The molecule has 0 aliphatic rings. The van der Waals surface area contributed by atoms with Gasteiger partial charge in [0.1, 0.15) is 14.1 Å². The SMILES string of the molecule is CCCCCCOC(=O)C[N+](C)C. The smallest absolute Gasteiger partial charge is 0.366 e. The van der Waals surface area contributed by atoms with Gasteiger partial charge in [0.15, 0.2) is 0 Å². The van der Waals surface area contributed by atoms with Crippen LogP contribution >= 0.6 is 0 Å². The second-order valence-corrected chi connectivity index (χ2v) is 3.52. The molecule has 3 heteroatoms. The Labute approximate surface area is 81.1 Å². The molecule has 0 aromatic carbocycles. The molecule has 0 spiro atoms. The Kier molecular flexibility index (Phi) is 7.69. The van der Waals surface area contributed by atoms with E-state index in [-0.39, 0.29) is 5.97 Å². The number of nitrogens with zero attached hydrogens (tertiary/aromatic N) is 1. The topological polar surface area (TPSA) is 32.2 Å². The predicted octanol–water partition coefficient (Wildman–Crippen LogP) is 1.51. The molecule has 0 bridgehead atoms. The van der Waals surface area contributed by atoms with Crippen LogP contribution in [0, 0.1) is 0 Å². The summed E-state index contributed by atoms with van der Waals surface area (Å²) in [7, 11) is 3.72. The minimum atomic E-state index is -0.124. The Hall–Kier alpha value is -0.570. The zero-order valence-corrected chi connectivity index (χ0v) is 9.01. The highest BCUT2D eigenvalue weighted by Gasteiger charge is 2.09. The van der Waals surface area contributed by atoms with Crippen molar-refractivity contribution in [2.45, 2.75) is 32.6 Å². The number of likely N-dealkylation sites (N-methyl/N-ethyl adjacent to an activating group) is 1. The van der Waals surface area contributed by atoms with Crippen molar-refractivity contribution in [3.8, 4) is 0 Å². The highest BCUT2D eigenvalue weighted by molar-refractivity contribution is 5.71. The number of hydrogen-bond acceptors (Lipinski definition) is 3. The summed E-state index contributed by atoms with van der Waals surface area (Å²) in [5, 5.41) is 0. The van der Waals surface area contributed by atoms with Crippen LogP contribution in [-0.4, -0.2) is 33.2 Å². The lowest BCUT2D eigenvalue weighted by molar-refractivity contribution is -0.143. The summed E-state index contributed by atoms with van der Waals surface area (Å²) in [6, 6.07) is 0. The standard InChI is InChI=1S/C10H21NO2/c1-4-5-6-7-8-13-10(12)9-11(2)3/h4-9H2,1-3H3/q+1. The van der Waals surface area contributed by atoms with Gasteiger partial charge in [-0.1, -0.05) is 26.2 Å². The molecule has 0 unspecified atom stereocenters. The maximum Gasteiger partial charge on any atom is 0.366 e. The van der Waals surface area contributed by atoms with E-state index >= 15 is 0 Å². The summed E-state index contributed by atoms with van der Waals surface area (Å²) < 4.78 is 5.02. The number of ether oxygens (including phenoxy) is 1. The number of rotatable bonds is 7. The first-order valence-corrected chi connectivity index (χ1v) is 4.97. The van der Waals surface area contributed by atoms with Gasteiger partial charge in [-0.3, -0.25) is 0 Å². The van der Waals surface area contributed by atoms with Crippen LogP contribution in [0.5, 0.6) is 0 Å². The fourth-order valence-electron chi connectivity index (χ4n) is 1.02. The van der Waals surface area contributed by atoms with Crippen LogP contribution in [-0.2, 0) is 9.53 Å². The average Bonchev–Trinajstić information content (AvgIpc) is 2.02. The van der Waals surface area contributed by atoms with Crippen molar-refractivity contribution in [1.29, 1.82) is 0 Å². The second kappa shape index (κ2) is 8.05. The minimum Gasteiger partial charge on any atom is -0.461 e. The molecular formula is C10H21NO2+. The molecule has 1 radical (unpaired) electrons. The van der Waals surface area contributed by atoms with E-state index < -0.39 is 0 Å². The third-order valence-corrected chi connectivity index (χ3v) is 1.71. The van der Waals surface area contributed by atoms with Gasteiger partial charge < -0.3 is 4.74 Å². The van der Waals surface area contributed by atoms with Gasteiger partial charge in [-0.05, 0) is 6.42 Å². The van der Waals surface area contributed by atoms with Crippen LogP contribution in [0.1, 0.15) is 32.6 Å². The van der Waals surface area contributed by atoms with Crippen molar-refractivity contribution < 1.29 is 9.53 Å². The normalized spacial score (nSPS) is 10.5. The number of esters is 1. The van der Waals surface area contributed by atoms with Gasteiger partial charge >= 0.3 is 5.97 Å². The van der Waals surface area contributed by atoms with Crippen molar-refractivity contribution in [2.24, 2.45) is 0 Å². The molecule has 13 heavy (non-hydrogen) atoms. The maximum atomic E-state index is 11.0. The van der Waals surface area contributed by atoms with Crippen molar-refractivity contribution in [2.75, 3.05) is 27.2 Å². The summed E-state index contributed by atoms with van der Waals surface area (Å²) in [6.07, 6.45) is 4.59. The minimum absolute atomic E-state index is 0.124. The van der Waals surface area contributed by atoms with E-state index in [2.05, 4.69) is 6.92 Å². The lowest BCUT2D eigenvalue weighted by Crippen LogP contribution is -2.28. The maximum absolute atomic E-state index is 11.0. The molecule has 0 N–H and O–H groups in total. The van der Waals surface area contributed by atoms with Gasteiger partial charge in [0, 0.05) is 0 Å². The Balaban J connectivity index is 3.17. The van der Waals surface area contributed by atoms with E-state index in [4.69, 9.17) is 4.74 Å². The first-order valence-electron chi connectivity index (χ1n) is 4.97. The van der Waals surface area contributed by atoms with Crippen LogP contribution in [0.4, 0.5) is 0 Å². The lowest BCUT2D eigenvalue weighted by Gasteiger charge is -2.03. The van der Waals surface area contributed by atoms with Crippen LogP contribution in [0.25, 0.3) is 0 Å². The van der Waals surface area contributed by atoms with Gasteiger partial charge in [-0.25, -0.2) is 4.79 Å². The molecule has 0 saturated heterocycles.